The molecule has 29 heavy (non-hydrogen) atoms. The van der Waals surface area contributed by atoms with Gasteiger partial charge in [-0.25, -0.2) is 0 Å². The van der Waals surface area contributed by atoms with Gasteiger partial charge in [0.2, 0.25) is 0 Å². The van der Waals surface area contributed by atoms with E-state index in [0.29, 0.717) is 37.2 Å². The van der Waals surface area contributed by atoms with E-state index in [2.05, 4.69) is 10.2 Å². The van der Waals surface area contributed by atoms with Crippen molar-refractivity contribution in [3.8, 4) is 17.0 Å². The van der Waals surface area contributed by atoms with Crippen molar-refractivity contribution in [2.45, 2.75) is 51.1 Å². The molecule has 1 saturated heterocycles. The molecule has 0 bridgehead atoms. The number of ether oxygens (including phenoxy) is 1. The molecule has 2 aliphatic heterocycles. The molecule has 9 heteroatoms. The number of aliphatic hydroxyl groups is 1. The number of hydrogen-bond donors (Lipinski definition) is 2. The molecule has 1 aromatic heterocycles. The van der Waals surface area contributed by atoms with E-state index in [0.717, 1.165) is 11.6 Å². The zero-order chi connectivity index (χ0) is 21.1. The lowest BCUT2D eigenvalue weighted by Gasteiger charge is -2.30. The molecule has 2 aromatic rings. The van der Waals surface area contributed by atoms with Gasteiger partial charge in [-0.1, -0.05) is 0 Å². The minimum absolute atomic E-state index is 0.233. The molecule has 2 atom stereocenters. The molecule has 2 N–H and O–H groups in total. The van der Waals surface area contributed by atoms with Crippen LogP contribution in [0.1, 0.15) is 30.5 Å². The van der Waals surface area contributed by atoms with E-state index in [9.17, 15) is 23.4 Å². The van der Waals surface area contributed by atoms with Gasteiger partial charge in [-0.05, 0) is 51.0 Å². The fraction of sp³-hybridized carbons (Fsp3) is 0.500. The minimum Gasteiger partial charge on any atom is -0.507 e. The number of rotatable bonds is 2. The van der Waals surface area contributed by atoms with Gasteiger partial charge in [-0.2, -0.15) is 13.2 Å². The number of aryl methyl sites for hydroxylation is 1. The molecule has 3 heterocycles. The number of anilines is 1. The van der Waals surface area contributed by atoms with Gasteiger partial charge in [0.1, 0.15) is 11.9 Å². The Morgan fingerprint density at radius 3 is 2.52 bits per heavy atom. The standard InChI is InChI=1S/C20H22F3N3O3/c1-10-6-12(20(21,22)23)8-15(27)16(10)13-7-11-4-5-26(18(11)25-24-13)14-9-29-19(2,3)17(14)28/h6-8,14,17,27-28H,4-5,9H2,1-3H3/t14-,17+/m0/s1. The molecule has 0 saturated carbocycles. The third-order valence-electron chi connectivity index (χ3n) is 5.75. The van der Waals surface area contributed by atoms with Crippen LogP contribution in [0.25, 0.3) is 11.3 Å². The van der Waals surface area contributed by atoms with Crippen molar-refractivity contribution in [1.82, 2.24) is 10.2 Å². The SMILES string of the molecule is Cc1cc(C(F)(F)F)cc(O)c1-c1cc2c(nn1)N([C@H]1COC(C)(C)[C@@H]1O)CC2. The summed E-state index contributed by atoms with van der Waals surface area (Å²) in [6.45, 7) is 6.17. The normalized spacial score (nSPS) is 23.5. The van der Waals surface area contributed by atoms with Crippen molar-refractivity contribution in [3.63, 3.8) is 0 Å². The first kappa shape index (κ1) is 19.9. The maximum atomic E-state index is 13.0. The molecule has 0 unspecified atom stereocenters. The summed E-state index contributed by atoms with van der Waals surface area (Å²) in [6, 6.07) is 3.19. The fourth-order valence-corrected chi connectivity index (χ4v) is 4.11. The van der Waals surface area contributed by atoms with Crippen LogP contribution in [0.15, 0.2) is 18.2 Å². The van der Waals surface area contributed by atoms with Crippen molar-refractivity contribution in [1.29, 1.82) is 0 Å². The van der Waals surface area contributed by atoms with E-state index < -0.39 is 29.2 Å². The van der Waals surface area contributed by atoms with Crippen LogP contribution < -0.4 is 4.90 Å². The second-order valence-corrected chi connectivity index (χ2v) is 8.13. The third kappa shape index (κ3) is 3.32. The van der Waals surface area contributed by atoms with Crippen molar-refractivity contribution in [2.24, 2.45) is 0 Å². The van der Waals surface area contributed by atoms with Gasteiger partial charge in [-0.3, -0.25) is 0 Å². The summed E-state index contributed by atoms with van der Waals surface area (Å²) in [7, 11) is 0. The van der Waals surface area contributed by atoms with E-state index in [4.69, 9.17) is 4.74 Å². The number of halogens is 3. The van der Waals surface area contributed by atoms with Gasteiger partial charge in [0, 0.05) is 17.7 Å². The van der Waals surface area contributed by atoms with Gasteiger partial charge in [0.15, 0.2) is 5.82 Å². The number of aromatic hydroxyl groups is 1. The number of benzene rings is 1. The Balaban J connectivity index is 1.67. The maximum Gasteiger partial charge on any atom is 0.416 e. The third-order valence-corrected chi connectivity index (χ3v) is 5.75. The Hall–Kier alpha value is -2.39. The van der Waals surface area contributed by atoms with Crippen molar-refractivity contribution in [2.75, 3.05) is 18.1 Å². The van der Waals surface area contributed by atoms with Crippen LogP contribution in [0.2, 0.25) is 0 Å². The number of phenolic OH excluding ortho intramolecular Hbond substituents is 1. The first-order chi connectivity index (χ1) is 13.5. The van der Waals surface area contributed by atoms with Crippen LogP contribution in [0, 0.1) is 6.92 Å². The second kappa shape index (κ2) is 6.56. The highest BCUT2D eigenvalue weighted by Crippen LogP contribution is 2.40. The van der Waals surface area contributed by atoms with Gasteiger partial charge < -0.3 is 19.8 Å². The maximum absolute atomic E-state index is 13.0. The number of aromatic nitrogens is 2. The highest BCUT2D eigenvalue weighted by atomic mass is 19.4. The number of hydrogen-bond acceptors (Lipinski definition) is 6. The first-order valence-corrected chi connectivity index (χ1v) is 9.35. The Morgan fingerprint density at radius 1 is 1.21 bits per heavy atom. The second-order valence-electron chi connectivity index (χ2n) is 8.13. The van der Waals surface area contributed by atoms with Crippen molar-refractivity contribution in [3.05, 3.63) is 34.9 Å². The van der Waals surface area contributed by atoms with Gasteiger partial charge >= 0.3 is 6.18 Å². The van der Waals surface area contributed by atoms with Gasteiger partial charge in [-0.15, -0.1) is 10.2 Å². The lowest BCUT2D eigenvalue weighted by molar-refractivity contribution is -0.137. The summed E-state index contributed by atoms with van der Waals surface area (Å²) in [5.41, 5.74) is 0.127. The van der Waals surface area contributed by atoms with E-state index in [1.165, 1.54) is 6.92 Å². The largest absolute Gasteiger partial charge is 0.507 e. The van der Waals surface area contributed by atoms with Gasteiger partial charge in [0.05, 0.1) is 29.5 Å². The molecule has 156 valence electrons. The molecule has 0 spiro atoms. The Morgan fingerprint density at radius 2 is 1.93 bits per heavy atom. The lowest BCUT2D eigenvalue weighted by atomic mass is 9.98. The van der Waals surface area contributed by atoms with E-state index >= 15 is 0 Å². The zero-order valence-electron chi connectivity index (χ0n) is 16.3. The summed E-state index contributed by atoms with van der Waals surface area (Å²) >= 11 is 0. The smallest absolute Gasteiger partial charge is 0.416 e. The quantitative estimate of drug-likeness (QED) is 0.794. The van der Waals surface area contributed by atoms with Crippen LogP contribution in [0.5, 0.6) is 5.75 Å². The number of fused-ring (bicyclic) bond motifs is 1. The molecule has 0 amide bonds. The van der Waals surface area contributed by atoms with E-state index in [1.807, 2.05) is 18.7 Å². The lowest BCUT2D eigenvalue weighted by Crippen LogP contribution is -2.47. The molecule has 0 aliphatic carbocycles. The fourth-order valence-electron chi connectivity index (χ4n) is 4.11. The van der Waals surface area contributed by atoms with Crippen LogP contribution in [-0.2, 0) is 17.3 Å². The van der Waals surface area contributed by atoms with Crippen LogP contribution in [0.3, 0.4) is 0 Å². The monoisotopic (exact) mass is 409 g/mol. The van der Waals surface area contributed by atoms with Crippen molar-refractivity contribution >= 4 is 5.82 Å². The average Bonchev–Trinajstić information content (AvgIpc) is 3.14. The van der Waals surface area contributed by atoms with E-state index in [1.54, 1.807) is 6.07 Å². The molecular formula is C20H22F3N3O3. The average molecular weight is 409 g/mol. The zero-order valence-corrected chi connectivity index (χ0v) is 16.3. The Kier molecular flexibility index (Phi) is 4.51. The molecule has 1 aromatic carbocycles. The van der Waals surface area contributed by atoms with Crippen LogP contribution in [-0.4, -0.2) is 51.3 Å². The summed E-state index contributed by atoms with van der Waals surface area (Å²) in [6.07, 6.45) is -4.57. The summed E-state index contributed by atoms with van der Waals surface area (Å²) in [5.74, 6) is 0.144. The van der Waals surface area contributed by atoms with Crippen molar-refractivity contribution < 1.29 is 28.1 Å². The predicted molar refractivity (Wildman–Crippen MR) is 99.7 cm³/mol. The highest BCUT2D eigenvalue weighted by molar-refractivity contribution is 5.73. The van der Waals surface area contributed by atoms with Gasteiger partial charge in [0.25, 0.3) is 0 Å². The number of phenols is 1. The molecule has 6 nitrogen and oxygen atoms in total. The van der Waals surface area contributed by atoms with Crippen LogP contribution >= 0.6 is 0 Å². The molecular weight excluding hydrogens is 387 g/mol. The number of alkyl halides is 3. The number of nitrogens with zero attached hydrogens (tertiary/aromatic N) is 3. The molecule has 2 aliphatic rings. The summed E-state index contributed by atoms with van der Waals surface area (Å²) in [5, 5.41) is 29.2. The molecule has 0 radical (unpaired) electrons. The topological polar surface area (TPSA) is 78.7 Å². The van der Waals surface area contributed by atoms with Crippen LogP contribution in [0.4, 0.5) is 19.0 Å². The molecule has 1 fully saturated rings. The Bertz CT molecular complexity index is 939. The molecule has 4 rings (SSSR count). The predicted octanol–water partition coefficient (Wildman–Crippen LogP) is 3.08. The first-order valence-electron chi connectivity index (χ1n) is 9.35. The minimum atomic E-state index is -4.54. The summed E-state index contributed by atoms with van der Waals surface area (Å²) in [4.78, 5) is 1.96. The summed E-state index contributed by atoms with van der Waals surface area (Å²) < 4.78 is 44.6. The highest BCUT2D eigenvalue weighted by Gasteiger charge is 2.46. The van der Waals surface area contributed by atoms with E-state index in [-0.39, 0.29) is 17.2 Å². The number of aliphatic hydroxyl groups excluding tert-OH is 1. The Labute approximate surface area is 165 Å².